The Balaban J connectivity index is 1.54. The maximum Gasteiger partial charge on any atom is 0.0351 e. The van der Waals surface area contributed by atoms with Crippen LogP contribution >= 0.6 is 0 Å². The second-order valence-corrected chi connectivity index (χ2v) is 7.27. The fourth-order valence-corrected chi connectivity index (χ4v) is 4.23. The molecule has 122 valence electrons. The number of likely N-dealkylation sites (N-methyl/N-ethyl adjacent to an activating group) is 1. The first-order valence-corrected chi connectivity index (χ1v) is 8.83. The van der Waals surface area contributed by atoms with Crippen molar-refractivity contribution in [2.45, 2.75) is 19.5 Å². The van der Waals surface area contributed by atoms with Gasteiger partial charge in [-0.05, 0) is 35.9 Å². The van der Waals surface area contributed by atoms with Crippen molar-refractivity contribution in [3.8, 4) is 0 Å². The van der Waals surface area contributed by atoms with Crippen LogP contribution in [0.3, 0.4) is 0 Å². The number of hydrogen-bond donors (Lipinski definition) is 0. The first kappa shape index (κ1) is 15.1. The molecule has 0 radical (unpaired) electrons. The van der Waals surface area contributed by atoms with Gasteiger partial charge in [-0.15, -0.1) is 0 Å². The van der Waals surface area contributed by atoms with E-state index in [-0.39, 0.29) is 0 Å². The zero-order chi connectivity index (χ0) is 15.8. The zero-order valence-electron chi connectivity index (χ0n) is 14.3. The topological polar surface area (TPSA) is 9.72 Å². The third kappa shape index (κ3) is 3.01. The molecule has 0 aliphatic carbocycles. The molecule has 2 aliphatic rings. The quantitative estimate of drug-likeness (QED) is 0.844. The highest BCUT2D eigenvalue weighted by molar-refractivity contribution is 5.88. The minimum Gasteiger partial charge on any atom is -0.303 e. The average Bonchev–Trinajstić information content (AvgIpc) is 2.55. The van der Waals surface area contributed by atoms with Crippen LogP contribution in [-0.4, -0.2) is 67.1 Å². The van der Waals surface area contributed by atoms with Gasteiger partial charge in [0.1, 0.15) is 0 Å². The van der Waals surface area contributed by atoms with Gasteiger partial charge < -0.3 is 4.90 Å². The molecule has 2 aliphatic heterocycles. The van der Waals surface area contributed by atoms with E-state index >= 15 is 0 Å². The zero-order valence-corrected chi connectivity index (χ0v) is 14.3. The molecule has 0 aromatic heterocycles. The van der Waals surface area contributed by atoms with Crippen LogP contribution in [-0.2, 0) is 6.54 Å². The smallest absolute Gasteiger partial charge is 0.0351 e. The predicted octanol–water partition coefficient (Wildman–Crippen LogP) is 2.58. The summed E-state index contributed by atoms with van der Waals surface area (Å²) in [4.78, 5) is 7.81. The van der Waals surface area contributed by atoms with Gasteiger partial charge in [0.15, 0.2) is 0 Å². The molecule has 2 aromatic carbocycles. The second-order valence-electron chi connectivity index (χ2n) is 7.27. The van der Waals surface area contributed by atoms with E-state index < -0.39 is 0 Å². The lowest BCUT2D eigenvalue weighted by atomic mass is 10.00. The Hall–Kier alpha value is -1.42. The molecule has 2 heterocycles. The van der Waals surface area contributed by atoms with Crippen molar-refractivity contribution in [2.75, 3.05) is 46.3 Å². The highest BCUT2D eigenvalue weighted by atomic mass is 15.3. The normalized spacial score (nSPS) is 24.0. The summed E-state index contributed by atoms with van der Waals surface area (Å²) in [6, 6.07) is 14.2. The number of hydrogen-bond acceptors (Lipinski definition) is 3. The summed E-state index contributed by atoms with van der Waals surface area (Å²) in [7, 11) is 2.25. The maximum atomic E-state index is 2.68. The van der Waals surface area contributed by atoms with E-state index in [4.69, 9.17) is 0 Å². The van der Waals surface area contributed by atoms with E-state index in [1.165, 1.54) is 61.2 Å². The molecule has 1 unspecified atom stereocenters. The van der Waals surface area contributed by atoms with Gasteiger partial charge >= 0.3 is 0 Å². The molecule has 0 bridgehead atoms. The summed E-state index contributed by atoms with van der Waals surface area (Å²) >= 11 is 0. The molecule has 4 rings (SSSR count). The van der Waals surface area contributed by atoms with Crippen LogP contribution in [0, 0.1) is 6.92 Å². The summed E-state index contributed by atoms with van der Waals surface area (Å²) in [5.74, 6) is 0. The lowest BCUT2D eigenvalue weighted by molar-refractivity contribution is 0.0176. The highest BCUT2D eigenvalue weighted by Gasteiger charge is 2.30. The SMILES string of the molecule is Cc1cccc2c(CN3CCN4CCN(C)CC4C3)cccc12. The van der Waals surface area contributed by atoms with Crippen LogP contribution in [0.5, 0.6) is 0 Å². The van der Waals surface area contributed by atoms with Crippen molar-refractivity contribution in [3.63, 3.8) is 0 Å². The molecule has 0 saturated carbocycles. The molecule has 2 saturated heterocycles. The summed E-state index contributed by atoms with van der Waals surface area (Å²) in [6.45, 7) is 10.6. The van der Waals surface area contributed by atoms with Crippen molar-refractivity contribution >= 4 is 10.8 Å². The summed E-state index contributed by atoms with van der Waals surface area (Å²) in [5, 5.41) is 2.83. The molecule has 0 N–H and O–H groups in total. The van der Waals surface area contributed by atoms with Crippen LogP contribution in [0.25, 0.3) is 10.8 Å². The van der Waals surface area contributed by atoms with Gasteiger partial charge in [0.05, 0.1) is 0 Å². The van der Waals surface area contributed by atoms with Crippen molar-refractivity contribution in [2.24, 2.45) is 0 Å². The van der Waals surface area contributed by atoms with Gasteiger partial charge in [-0.2, -0.15) is 0 Å². The first-order chi connectivity index (χ1) is 11.2. The van der Waals surface area contributed by atoms with E-state index in [2.05, 4.69) is 65.1 Å². The van der Waals surface area contributed by atoms with E-state index in [1.54, 1.807) is 0 Å². The lowest BCUT2D eigenvalue weighted by Crippen LogP contribution is -2.61. The fraction of sp³-hybridized carbons (Fsp3) is 0.500. The predicted molar refractivity (Wildman–Crippen MR) is 96.8 cm³/mol. The molecule has 0 amide bonds. The number of fused-ring (bicyclic) bond motifs is 2. The highest BCUT2D eigenvalue weighted by Crippen LogP contribution is 2.24. The standard InChI is InChI=1S/C20H27N3/c1-16-5-3-8-20-17(6-4-7-19(16)20)13-22-10-12-23-11-9-21(2)14-18(23)15-22/h3-8,18H,9-15H2,1-2H3. The minimum atomic E-state index is 0.708. The molecule has 2 aromatic rings. The van der Waals surface area contributed by atoms with E-state index in [0.717, 1.165) is 6.54 Å². The second kappa shape index (κ2) is 6.23. The van der Waals surface area contributed by atoms with Gasteiger partial charge in [-0.1, -0.05) is 36.4 Å². The first-order valence-electron chi connectivity index (χ1n) is 8.83. The largest absolute Gasteiger partial charge is 0.303 e. The summed E-state index contributed by atoms with van der Waals surface area (Å²) in [5.41, 5.74) is 2.85. The third-order valence-corrected chi connectivity index (χ3v) is 5.60. The third-order valence-electron chi connectivity index (χ3n) is 5.60. The van der Waals surface area contributed by atoms with Crippen molar-refractivity contribution in [1.82, 2.24) is 14.7 Å². The lowest BCUT2D eigenvalue weighted by Gasteiger charge is -2.46. The average molecular weight is 309 g/mol. The number of rotatable bonds is 2. The Bertz CT molecular complexity index is 696. The number of piperazine rings is 2. The van der Waals surface area contributed by atoms with E-state index in [9.17, 15) is 0 Å². The van der Waals surface area contributed by atoms with Gasteiger partial charge in [-0.25, -0.2) is 0 Å². The molecular weight excluding hydrogens is 282 g/mol. The maximum absolute atomic E-state index is 2.68. The Kier molecular flexibility index (Phi) is 4.10. The fourth-order valence-electron chi connectivity index (χ4n) is 4.23. The number of nitrogens with zero attached hydrogens (tertiary/aromatic N) is 3. The van der Waals surface area contributed by atoms with Crippen LogP contribution in [0.15, 0.2) is 36.4 Å². The molecule has 23 heavy (non-hydrogen) atoms. The molecular formula is C20H27N3. The van der Waals surface area contributed by atoms with Crippen molar-refractivity contribution < 1.29 is 0 Å². The molecule has 3 heteroatoms. The van der Waals surface area contributed by atoms with Gasteiger partial charge in [-0.3, -0.25) is 9.80 Å². The number of benzene rings is 2. The van der Waals surface area contributed by atoms with E-state index in [0.29, 0.717) is 6.04 Å². The Morgan fingerprint density at radius 2 is 1.70 bits per heavy atom. The van der Waals surface area contributed by atoms with E-state index in [1.807, 2.05) is 0 Å². The number of aryl methyl sites for hydroxylation is 1. The Labute approximate surface area is 139 Å². The monoisotopic (exact) mass is 309 g/mol. The Morgan fingerprint density at radius 3 is 2.61 bits per heavy atom. The van der Waals surface area contributed by atoms with Gasteiger partial charge in [0.25, 0.3) is 0 Å². The summed E-state index contributed by atoms with van der Waals surface area (Å²) in [6.07, 6.45) is 0. The summed E-state index contributed by atoms with van der Waals surface area (Å²) < 4.78 is 0. The Morgan fingerprint density at radius 1 is 0.913 bits per heavy atom. The van der Waals surface area contributed by atoms with Crippen LogP contribution in [0.4, 0.5) is 0 Å². The minimum absolute atomic E-state index is 0.708. The van der Waals surface area contributed by atoms with Crippen molar-refractivity contribution in [1.29, 1.82) is 0 Å². The van der Waals surface area contributed by atoms with Crippen LogP contribution < -0.4 is 0 Å². The van der Waals surface area contributed by atoms with Crippen LogP contribution in [0.1, 0.15) is 11.1 Å². The van der Waals surface area contributed by atoms with Crippen molar-refractivity contribution in [3.05, 3.63) is 47.5 Å². The molecule has 2 fully saturated rings. The van der Waals surface area contributed by atoms with Crippen LogP contribution in [0.2, 0.25) is 0 Å². The van der Waals surface area contributed by atoms with Gasteiger partial charge in [0, 0.05) is 51.9 Å². The molecule has 3 nitrogen and oxygen atoms in total. The molecule has 0 spiro atoms. The van der Waals surface area contributed by atoms with Gasteiger partial charge in [0.2, 0.25) is 0 Å². The molecule has 1 atom stereocenters.